The maximum absolute atomic E-state index is 13.5. The third-order valence-corrected chi connectivity index (χ3v) is 3.65. The molecule has 0 saturated heterocycles. The van der Waals surface area contributed by atoms with E-state index in [-0.39, 0.29) is 11.3 Å². The summed E-state index contributed by atoms with van der Waals surface area (Å²) in [5.41, 5.74) is -1.34. The van der Waals surface area contributed by atoms with Gasteiger partial charge in [0.2, 0.25) is 0 Å². The maximum atomic E-state index is 13.5. The van der Waals surface area contributed by atoms with Crippen LogP contribution in [0.3, 0.4) is 0 Å². The minimum Gasteiger partial charge on any atom is -0.451 e. The molecule has 2 aromatic rings. The van der Waals surface area contributed by atoms with Crippen molar-refractivity contribution in [2.75, 3.05) is 11.9 Å². The highest BCUT2D eigenvalue weighted by molar-refractivity contribution is 5.97. The van der Waals surface area contributed by atoms with Gasteiger partial charge in [0.1, 0.15) is 12.4 Å². The van der Waals surface area contributed by atoms with Crippen LogP contribution in [0.2, 0.25) is 0 Å². The molecule has 0 heterocycles. The van der Waals surface area contributed by atoms with Crippen LogP contribution >= 0.6 is 0 Å². The van der Waals surface area contributed by atoms with Crippen LogP contribution in [0.1, 0.15) is 22.8 Å². The van der Waals surface area contributed by atoms with E-state index in [4.69, 9.17) is 4.74 Å². The Labute approximate surface area is 162 Å². The minimum absolute atomic E-state index is 0.124. The number of carbonyl (C=O) groups excluding carboxylic acids is 3. The highest BCUT2D eigenvalue weighted by atomic mass is 19.4. The fourth-order valence-electron chi connectivity index (χ4n) is 2.20. The van der Waals surface area contributed by atoms with Gasteiger partial charge in [0.25, 0.3) is 11.8 Å². The molecule has 2 amide bonds. The standard InChI is InChI=1S/C19H16F4N2O4/c1-11(17(27)25-13-6-4-5-12(9-13)19(21,22)23)29-16(26)10-24-18(28)14-7-2-3-8-15(14)20/h2-9,11H,10H2,1H3,(H,24,28)(H,25,27)/t11-/m0/s1. The van der Waals surface area contributed by atoms with Gasteiger partial charge in [-0.1, -0.05) is 18.2 Å². The van der Waals surface area contributed by atoms with Crippen molar-refractivity contribution in [2.45, 2.75) is 19.2 Å². The van der Waals surface area contributed by atoms with E-state index in [1.165, 1.54) is 31.2 Å². The monoisotopic (exact) mass is 412 g/mol. The lowest BCUT2D eigenvalue weighted by Crippen LogP contribution is -2.36. The van der Waals surface area contributed by atoms with Gasteiger partial charge in [0.15, 0.2) is 6.10 Å². The van der Waals surface area contributed by atoms with Crippen molar-refractivity contribution in [3.63, 3.8) is 0 Å². The second kappa shape index (κ2) is 9.18. The second-order valence-corrected chi connectivity index (χ2v) is 5.86. The Morgan fingerprint density at radius 1 is 1.07 bits per heavy atom. The van der Waals surface area contributed by atoms with Gasteiger partial charge in [-0.2, -0.15) is 13.2 Å². The van der Waals surface area contributed by atoms with Crippen LogP contribution in [0, 0.1) is 5.82 Å². The number of carbonyl (C=O) groups is 3. The summed E-state index contributed by atoms with van der Waals surface area (Å²) < 4.78 is 56.4. The van der Waals surface area contributed by atoms with E-state index in [0.717, 1.165) is 24.3 Å². The SMILES string of the molecule is C[C@H](OC(=O)CNC(=O)c1ccccc1F)C(=O)Nc1cccc(C(F)(F)F)c1. The number of esters is 1. The van der Waals surface area contributed by atoms with E-state index < -0.39 is 48.0 Å². The number of rotatable bonds is 6. The molecule has 0 saturated carbocycles. The molecular formula is C19H16F4N2O4. The molecule has 2 rings (SSSR count). The average molecular weight is 412 g/mol. The van der Waals surface area contributed by atoms with Crippen molar-refractivity contribution < 1.29 is 36.7 Å². The highest BCUT2D eigenvalue weighted by Gasteiger charge is 2.30. The minimum atomic E-state index is -4.57. The van der Waals surface area contributed by atoms with Crippen molar-refractivity contribution in [1.29, 1.82) is 0 Å². The van der Waals surface area contributed by atoms with Crippen LogP contribution < -0.4 is 10.6 Å². The number of halogens is 4. The first-order valence-corrected chi connectivity index (χ1v) is 8.28. The second-order valence-electron chi connectivity index (χ2n) is 5.86. The van der Waals surface area contributed by atoms with Crippen molar-refractivity contribution in [3.05, 3.63) is 65.5 Å². The van der Waals surface area contributed by atoms with Crippen LogP contribution in [0.25, 0.3) is 0 Å². The molecule has 0 unspecified atom stereocenters. The smallest absolute Gasteiger partial charge is 0.416 e. The number of benzene rings is 2. The lowest BCUT2D eigenvalue weighted by Gasteiger charge is -2.15. The van der Waals surface area contributed by atoms with Crippen molar-refractivity contribution >= 4 is 23.5 Å². The largest absolute Gasteiger partial charge is 0.451 e. The summed E-state index contributed by atoms with van der Waals surface area (Å²) in [5, 5.41) is 4.35. The summed E-state index contributed by atoms with van der Waals surface area (Å²) in [4.78, 5) is 35.6. The van der Waals surface area contributed by atoms with Gasteiger partial charge in [-0.15, -0.1) is 0 Å². The molecule has 2 aromatic carbocycles. The maximum Gasteiger partial charge on any atom is 0.416 e. The fourth-order valence-corrected chi connectivity index (χ4v) is 2.20. The highest BCUT2D eigenvalue weighted by Crippen LogP contribution is 2.30. The zero-order chi connectivity index (χ0) is 21.6. The molecule has 10 heteroatoms. The first kappa shape index (κ1) is 21.9. The molecule has 154 valence electrons. The third-order valence-electron chi connectivity index (χ3n) is 3.65. The Morgan fingerprint density at radius 2 is 1.76 bits per heavy atom. The predicted octanol–water partition coefficient (Wildman–Crippen LogP) is 3.14. The number of ether oxygens (including phenoxy) is 1. The zero-order valence-electron chi connectivity index (χ0n) is 15.0. The van der Waals surface area contributed by atoms with E-state index >= 15 is 0 Å². The first-order chi connectivity index (χ1) is 13.6. The Balaban J connectivity index is 1.87. The topological polar surface area (TPSA) is 84.5 Å². The molecule has 0 aliphatic carbocycles. The Morgan fingerprint density at radius 3 is 2.41 bits per heavy atom. The summed E-state index contributed by atoms with van der Waals surface area (Å²) >= 11 is 0. The molecule has 29 heavy (non-hydrogen) atoms. The van der Waals surface area contributed by atoms with E-state index in [0.29, 0.717) is 0 Å². The normalized spacial score (nSPS) is 12.0. The van der Waals surface area contributed by atoms with E-state index in [1.807, 2.05) is 0 Å². The molecule has 0 aliphatic rings. The van der Waals surface area contributed by atoms with Gasteiger partial charge < -0.3 is 15.4 Å². The van der Waals surface area contributed by atoms with Crippen molar-refractivity contribution in [2.24, 2.45) is 0 Å². The summed E-state index contributed by atoms with van der Waals surface area (Å²) in [5.74, 6) is -3.46. The summed E-state index contributed by atoms with van der Waals surface area (Å²) in [6, 6.07) is 9.08. The van der Waals surface area contributed by atoms with Gasteiger partial charge in [0.05, 0.1) is 11.1 Å². The van der Waals surface area contributed by atoms with Crippen molar-refractivity contribution in [3.8, 4) is 0 Å². The molecule has 0 aromatic heterocycles. The van der Waals surface area contributed by atoms with Crippen LogP contribution in [-0.2, 0) is 20.5 Å². The lowest BCUT2D eigenvalue weighted by atomic mass is 10.2. The van der Waals surface area contributed by atoms with E-state index in [1.54, 1.807) is 0 Å². The number of hydrogen-bond donors (Lipinski definition) is 2. The van der Waals surface area contributed by atoms with Crippen LogP contribution in [0.5, 0.6) is 0 Å². The summed E-state index contributed by atoms with van der Waals surface area (Å²) in [6.07, 6.45) is -5.92. The molecule has 0 fully saturated rings. The van der Waals surface area contributed by atoms with Crippen molar-refractivity contribution in [1.82, 2.24) is 5.32 Å². The lowest BCUT2D eigenvalue weighted by molar-refractivity contribution is -0.152. The zero-order valence-corrected chi connectivity index (χ0v) is 15.0. The van der Waals surface area contributed by atoms with Crippen LogP contribution in [0.4, 0.5) is 23.2 Å². The Hall–Kier alpha value is -3.43. The number of anilines is 1. The number of nitrogens with one attached hydrogen (secondary N) is 2. The predicted molar refractivity (Wildman–Crippen MR) is 94.4 cm³/mol. The Kier molecular flexibility index (Phi) is 6.92. The molecule has 1 atom stereocenters. The quantitative estimate of drug-likeness (QED) is 0.564. The first-order valence-electron chi connectivity index (χ1n) is 8.28. The third kappa shape index (κ3) is 6.30. The van der Waals surface area contributed by atoms with Crippen LogP contribution in [0.15, 0.2) is 48.5 Å². The van der Waals surface area contributed by atoms with Crippen LogP contribution in [-0.4, -0.2) is 30.4 Å². The van der Waals surface area contributed by atoms with E-state index in [9.17, 15) is 31.9 Å². The average Bonchev–Trinajstić information content (AvgIpc) is 2.66. The Bertz CT molecular complexity index is 915. The fraction of sp³-hybridized carbons (Fsp3) is 0.211. The summed E-state index contributed by atoms with van der Waals surface area (Å²) in [6.45, 7) is 0.577. The summed E-state index contributed by atoms with van der Waals surface area (Å²) in [7, 11) is 0. The van der Waals surface area contributed by atoms with E-state index in [2.05, 4.69) is 10.6 Å². The molecule has 6 nitrogen and oxygen atoms in total. The molecule has 2 N–H and O–H groups in total. The van der Waals surface area contributed by atoms with Gasteiger partial charge in [-0.3, -0.25) is 14.4 Å². The molecule has 0 spiro atoms. The number of hydrogen-bond acceptors (Lipinski definition) is 4. The molecule has 0 radical (unpaired) electrons. The van der Waals surface area contributed by atoms with Gasteiger partial charge in [0, 0.05) is 5.69 Å². The molecular weight excluding hydrogens is 396 g/mol. The molecule has 0 bridgehead atoms. The van der Waals surface area contributed by atoms with Gasteiger partial charge in [-0.25, -0.2) is 4.39 Å². The number of amides is 2. The number of alkyl halides is 3. The van der Waals surface area contributed by atoms with Gasteiger partial charge in [-0.05, 0) is 37.3 Å². The molecule has 0 aliphatic heterocycles. The van der Waals surface area contributed by atoms with Gasteiger partial charge >= 0.3 is 12.1 Å².